The Kier molecular flexibility index (Phi) is 3.01. The van der Waals surface area contributed by atoms with E-state index in [2.05, 4.69) is 4.98 Å². The maximum atomic E-state index is 5.66. The lowest BCUT2D eigenvalue weighted by Gasteiger charge is -2.00. The molecule has 0 spiro atoms. The number of aromatic nitrogens is 1. The summed E-state index contributed by atoms with van der Waals surface area (Å²) in [5.74, 6) is 0. The third kappa shape index (κ3) is 2.47. The van der Waals surface area contributed by atoms with Gasteiger partial charge in [-0.15, -0.1) is 0 Å². The van der Waals surface area contributed by atoms with Crippen LogP contribution < -0.4 is 4.74 Å². The SMILES string of the molecule is Clc1csc(OCc2ccccc2)n1. The number of thiazole rings is 1. The lowest BCUT2D eigenvalue weighted by atomic mass is 10.2. The number of rotatable bonds is 3. The van der Waals surface area contributed by atoms with Crippen molar-refractivity contribution in [3.8, 4) is 5.19 Å². The standard InChI is InChI=1S/C10H8ClNOS/c11-9-7-14-10(12-9)13-6-8-4-2-1-3-5-8/h1-5,7H,6H2. The van der Waals surface area contributed by atoms with Crippen LogP contribution in [-0.2, 0) is 6.61 Å². The Hall–Kier alpha value is -1.06. The average molecular weight is 226 g/mol. The predicted octanol–water partition coefficient (Wildman–Crippen LogP) is 3.38. The molecule has 0 fully saturated rings. The summed E-state index contributed by atoms with van der Waals surface area (Å²) in [5.41, 5.74) is 1.12. The molecule has 0 aliphatic heterocycles. The topological polar surface area (TPSA) is 22.1 Å². The van der Waals surface area contributed by atoms with Crippen molar-refractivity contribution in [2.75, 3.05) is 0 Å². The molecular weight excluding hydrogens is 218 g/mol. The smallest absolute Gasteiger partial charge is 0.274 e. The molecule has 0 amide bonds. The summed E-state index contributed by atoms with van der Waals surface area (Å²) in [6.45, 7) is 0.532. The fourth-order valence-corrected chi connectivity index (χ4v) is 1.81. The summed E-state index contributed by atoms with van der Waals surface area (Å²) < 4.78 is 5.44. The van der Waals surface area contributed by atoms with Crippen LogP contribution in [0.2, 0.25) is 5.15 Å². The van der Waals surface area contributed by atoms with Gasteiger partial charge in [0.25, 0.3) is 5.19 Å². The Bertz CT molecular complexity index is 402. The Balaban J connectivity index is 1.95. The van der Waals surface area contributed by atoms with E-state index in [9.17, 15) is 0 Å². The van der Waals surface area contributed by atoms with Crippen molar-refractivity contribution < 1.29 is 4.74 Å². The second-order valence-corrected chi connectivity index (χ2v) is 3.92. The molecule has 0 aliphatic carbocycles. The van der Waals surface area contributed by atoms with Crippen LogP contribution in [0, 0.1) is 0 Å². The molecule has 0 atom stereocenters. The van der Waals surface area contributed by atoms with Gasteiger partial charge < -0.3 is 4.74 Å². The fourth-order valence-electron chi connectivity index (χ4n) is 1.02. The minimum Gasteiger partial charge on any atom is -0.465 e. The molecule has 0 unspecified atom stereocenters. The molecule has 2 aromatic rings. The molecule has 0 N–H and O–H groups in total. The van der Waals surface area contributed by atoms with Crippen molar-refractivity contribution in [1.29, 1.82) is 0 Å². The van der Waals surface area contributed by atoms with Crippen LogP contribution in [0.25, 0.3) is 0 Å². The zero-order chi connectivity index (χ0) is 9.80. The van der Waals surface area contributed by atoms with Crippen LogP contribution in [-0.4, -0.2) is 4.98 Å². The Morgan fingerprint density at radius 3 is 2.71 bits per heavy atom. The molecule has 2 rings (SSSR count). The summed E-state index contributed by atoms with van der Waals surface area (Å²) in [7, 11) is 0. The monoisotopic (exact) mass is 225 g/mol. The number of benzene rings is 1. The fraction of sp³-hybridized carbons (Fsp3) is 0.100. The van der Waals surface area contributed by atoms with Gasteiger partial charge in [0, 0.05) is 5.38 Å². The average Bonchev–Trinajstić information content (AvgIpc) is 2.63. The highest BCUT2D eigenvalue weighted by Gasteiger charge is 2.00. The third-order valence-corrected chi connectivity index (χ3v) is 2.74. The lowest BCUT2D eigenvalue weighted by Crippen LogP contribution is -1.93. The molecule has 4 heteroatoms. The van der Waals surface area contributed by atoms with Crippen molar-refractivity contribution in [2.24, 2.45) is 0 Å². The number of nitrogens with zero attached hydrogens (tertiary/aromatic N) is 1. The summed E-state index contributed by atoms with van der Waals surface area (Å²) in [4.78, 5) is 3.99. The number of hydrogen-bond donors (Lipinski definition) is 0. The van der Waals surface area contributed by atoms with Gasteiger partial charge in [0.15, 0.2) is 0 Å². The Labute approximate surface area is 91.1 Å². The number of halogens is 1. The number of ether oxygens (including phenoxy) is 1. The highest BCUT2D eigenvalue weighted by molar-refractivity contribution is 7.11. The zero-order valence-corrected chi connectivity index (χ0v) is 8.89. The van der Waals surface area contributed by atoms with E-state index in [1.807, 2.05) is 30.3 Å². The molecule has 2 nitrogen and oxygen atoms in total. The van der Waals surface area contributed by atoms with Gasteiger partial charge in [0.1, 0.15) is 11.8 Å². The Morgan fingerprint density at radius 1 is 1.29 bits per heavy atom. The van der Waals surface area contributed by atoms with E-state index in [-0.39, 0.29) is 0 Å². The van der Waals surface area contributed by atoms with Crippen molar-refractivity contribution in [3.63, 3.8) is 0 Å². The molecule has 0 saturated carbocycles. The van der Waals surface area contributed by atoms with E-state index in [1.165, 1.54) is 11.3 Å². The van der Waals surface area contributed by atoms with E-state index in [1.54, 1.807) is 5.38 Å². The van der Waals surface area contributed by atoms with E-state index in [0.29, 0.717) is 17.0 Å². The third-order valence-electron chi connectivity index (χ3n) is 1.66. The van der Waals surface area contributed by atoms with Crippen molar-refractivity contribution >= 4 is 22.9 Å². The van der Waals surface area contributed by atoms with Crippen molar-refractivity contribution in [3.05, 3.63) is 46.4 Å². The van der Waals surface area contributed by atoms with E-state index in [4.69, 9.17) is 16.3 Å². The van der Waals surface area contributed by atoms with Gasteiger partial charge in [-0.25, -0.2) is 0 Å². The van der Waals surface area contributed by atoms with Gasteiger partial charge in [-0.3, -0.25) is 0 Å². The molecular formula is C10H8ClNOS. The normalized spacial score (nSPS) is 10.1. The molecule has 72 valence electrons. The molecule has 0 bridgehead atoms. The minimum atomic E-state index is 0.484. The molecule has 0 radical (unpaired) electrons. The van der Waals surface area contributed by atoms with E-state index >= 15 is 0 Å². The maximum absolute atomic E-state index is 5.66. The molecule has 1 heterocycles. The van der Waals surface area contributed by atoms with Crippen LogP contribution in [0.1, 0.15) is 5.56 Å². The van der Waals surface area contributed by atoms with Crippen LogP contribution in [0.3, 0.4) is 0 Å². The molecule has 0 aliphatic rings. The van der Waals surface area contributed by atoms with Gasteiger partial charge >= 0.3 is 0 Å². The minimum absolute atomic E-state index is 0.484. The molecule has 14 heavy (non-hydrogen) atoms. The lowest BCUT2D eigenvalue weighted by molar-refractivity contribution is 0.304. The molecule has 1 aromatic heterocycles. The summed E-state index contributed by atoms with van der Waals surface area (Å²) in [6, 6.07) is 9.95. The van der Waals surface area contributed by atoms with Crippen LogP contribution in [0.15, 0.2) is 35.7 Å². The number of hydrogen-bond acceptors (Lipinski definition) is 3. The summed E-state index contributed by atoms with van der Waals surface area (Å²) in [6.07, 6.45) is 0. The summed E-state index contributed by atoms with van der Waals surface area (Å²) >= 11 is 7.06. The second-order valence-electron chi connectivity index (χ2n) is 2.71. The van der Waals surface area contributed by atoms with Crippen LogP contribution in [0.4, 0.5) is 0 Å². The van der Waals surface area contributed by atoms with Crippen molar-refractivity contribution in [1.82, 2.24) is 4.98 Å². The van der Waals surface area contributed by atoms with Gasteiger partial charge in [-0.05, 0) is 5.56 Å². The first-order valence-corrected chi connectivity index (χ1v) is 5.38. The van der Waals surface area contributed by atoms with E-state index < -0.39 is 0 Å². The van der Waals surface area contributed by atoms with Gasteiger partial charge in [0.2, 0.25) is 0 Å². The quantitative estimate of drug-likeness (QED) is 0.799. The maximum Gasteiger partial charge on any atom is 0.274 e. The zero-order valence-electron chi connectivity index (χ0n) is 7.31. The van der Waals surface area contributed by atoms with Crippen molar-refractivity contribution in [2.45, 2.75) is 6.61 Å². The largest absolute Gasteiger partial charge is 0.465 e. The van der Waals surface area contributed by atoms with Crippen LogP contribution >= 0.6 is 22.9 Å². The Morgan fingerprint density at radius 2 is 2.07 bits per heavy atom. The van der Waals surface area contributed by atoms with E-state index in [0.717, 1.165) is 5.56 Å². The van der Waals surface area contributed by atoms with Gasteiger partial charge in [-0.1, -0.05) is 53.3 Å². The van der Waals surface area contributed by atoms with Gasteiger partial charge in [-0.2, -0.15) is 4.98 Å². The second kappa shape index (κ2) is 4.44. The molecule has 0 saturated heterocycles. The molecule has 1 aromatic carbocycles. The predicted molar refractivity (Wildman–Crippen MR) is 57.9 cm³/mol. The summed E-state index contributed by atoms with van der Waals surface area (Å²) in [5, 5.41) is 2.85. The first-order valence-electron chi connectivity index (χ1n) is 4.12. The highest BCUT2D eigenvalue weighted by Crippen LogP contribution is 2.21. The first kappa shape index (κ1) is 9.49. The van der Waals surface area contributed by atoms with Crippen LogP contribution in [0.5, 0.6) is 5.19 Å². The highest BCUT2D eigenvalue weighted by atomic mass is 35.5. The first-order chi connectivity index (χ1) is 6.84. The van der Waals surface area contributed by atoms with Gasteiger partial charge in [0.05, 0.1) is 0 Å².